The van der Waals surface area contributed by atoms with Crippen LogP contribution in [0.5, 0.6) is 0 Å². The van der Waals surface area contributed by atoms with Gasteiger partial charge in [-0.2, -0.15) is 0 Å². The third kappa shape index (κ3) is 3.29. The Balaban J connectivity index is 1.62. The standard InChI is InChI=1S/C26H25N7O3/c1-2-36-26(35)23-21(17-13-15-7-3-4-9-18(15)33-25(17)29-30-31-33)22-19(10-5-11-20(22)34)32(24(23)27)16-8-6-12-28-14-16/h3-4,6-9,12-14,21,30-31H,2,5,10-11,27H2,1H3. The molecule has 0 fully saturated rings. The van der Waals surface area contributed by atoms with E-state index in [4.69, 9.17) is 10.5 Å². The molecular formula is C26H25N7O3. The van der Waals surface area contributed by atoms with E-state index in [1.165, 1.54) is 0 Å². The van der Waals surface area contributed by atoms with E-state index in [2.05, 4.69) is 21.2 Å². The van der Waals surface area contributed by atoms with Crippen molar-refractivity contribution in [3.63, 3.8) is 0 Å². The number of ether oxygens (including phenoxy) is 1. The summed E-state index contributed by atoms with van der Waals surface area (Å²) >= 11 is 0. The van der Waals surface area contributed by atoms with Crippen LogP contribution in [0.2, 0.25) is 0 Å². The van der Waals surface area contributed by atoms with Gasteiger partial charge in [0.05, 0.1) is 35.7 Å². The van der Waals surface area contributed by atoms with Crippen molar-refractivity contribution in [3.05, 3.63) is 82.6 Å². The third-order valence-electron chi connectivity index (χ3n) is 6.79. The van der Waals surface area contributed by atoms with Crippen molar-refractivity contribution >= 4 is 35.0 Å². The number of benzene rings is 1. The maximum atomic E-state index is 13.6. The van der Waals surface area contributed by atoms with Crippen LogP contribution in [-0.4, -0.2) is 29.2 Å². The van der Waals surface area contributed by atoms with Crippen LogP contribution < -0.4 is 26.7 Å². The minimum absolute atomic E-state index is 0.0183. The van der Waals surface area contributed by atoms with Gasteiger partial charge in [0.25, 0.3) is 0 Å². The number of pyridine rings is 1. The number of aromatic nitrogens is 1. The van der Waals surface area contributed by atoms with Gasteiger partial charge in [-0.15, -0.1) is 10.6 Å². The quantitative estimate of drug-likeness (QED) is 0.563. The molecule has 36 heavy (non-hydrogen) atoms. The Labute approximate surface area is 207 Å². The molecule has 1 aromatic heterocycles. The summed E-state index contributed by atoms with van der Waals surface area (Å²) in [6.07, 6.45) is 7.04. The van der Waals surface area contributed by atoms with E-state index in [0.29, 0.717) is 41.9 Å². The molecule has 0 saturated carbocycles. The molecule has 10 heteroatoms. The number of allylic oxidation sites excluding steroid dienone is 2. The maximum Gasteiger partial charge on any atom is 0.338 e. The lowest BCUT2D eigenvalue weighted by Gasteiger charge is -2.41. The van der Waals surface area contributed by atoms with Crippen LogP contribution in [0, 0.1) is 5.92 Å². The highest BCUT2D eigenvalue weighted by molar-refractivity contribution is 6.19. The van der Waals surface area contributed by atoms with Crippen molar-refractivity contribution in [3.8, 4) is 0 Å². The summed E-state index contributed by atoms with van der Waals surface area (Å²) in [6, 6.07) is 11.5. The molecule has 4 heterocycles. The molecule has 1 unspecified atom stereocenters. The SMILES string of the molecule is CCOC(=O)C1=C(N)N(c2cccnc2)C2=C(C(=O)CCC2)C1C1=Cc2ccccc2N2NNN=C12. The van der Waals surface area contributed by atoms with Gasteiger partial charge in [-0.25, -0.2) is 15.3 Å². The van der Waals surface area contributed by atoms with Crippen LogP contribution in [-0.2, 0) is 14.3 Å². The van der Waals surface area contributed by atoms with Gasteiger partial charge in [0.15, 0.2) is 11.6 Å². The molecule has 1 atom stereocenters. The van der Waals surface area contributed by atoms with Crippen molar-refractivity contribution in [2.45, 2.75) is 26.2 Å². The van der Waals surface area contributed by atoms with Crippen LogP contribution in [0.4, 0.5) is 11.4 Å². The number of nitrogens with two attached hydrogens (primary N) is 1. The van der Waals surface area contributed by atoms with Gasteiger partial charge < -0.3 is 10.5 Å². The van der Waals surface area contributed by atoms with Crippen LogP contribution in [0.1, 0.15) is 31.7 Å². The Hall–Kier alpha value is -4.44. The number of Topliss-reactive ketones (excluding diaryl/α,β-unsaturated/α-hetero) is 1. The van der Waals surface area contributed by atoms with E-state index < -0.39 is 11.9 Å². The number of hydrazine groups is 2. The van der Waals surface area contributed by atoms with Gasteiger partial charge in [0, 0.05) is 35.0 Å². The van der Waals surface area contributed by atoms with Crippen LogP contribution >= 0.6 is 0 Å². The molecule has 182 valence electrons. The second kappa shape index (κ2) is 8.65. The Bertz CT molecular complexity index is 1390. The van der Waals surface area contributed by atoms with E-state index in [0.717, 1.165) is 16.9 Å². The predicted octanol–water partition coefficient (Wildman–Crippen LogP) is 2.50. The van der Waals surface area contributed by atoms with Gasteiger partial charge >= 0.3 is 5.97 Å². The highest BCUT2D eigenvalue weighted by Gasteiger charge is 2.47. The molecule has 0 bridgehead atoms. The zero-order chi connectivity index (χ0) is 24.8. The molecule has 2 aromatic rings. The fourth-order valence-electron chi connectivity index (χ4n) is 5.34. The molecule has 1 aromatic carbocycles. The molecule has 0 amide bonds. The molecule has 3 aliphatic heterocycles. The number of ketones is 1. The number of amidine groups is 1. The lowest BCUT2D eigenvalue weighted by atomic mass is 9.73. The highest BCUT2D eigenvalue weighted by atomic mass is 16.5. The Morgan fingerprint density at radius 1 is 1.22 bits per heavy atom. The molecule has 1 aliphatic carbocycles. The van der Waals surface area contributed by atoms with Crippen molar-refractivity contribution in [1.82, 2.24) is 16.1 Å². The molecule has 0 radical (unpaired) electrons. The molecule has 0 spiro atoms. The molecule has 4 N–H and O–H groups in total. The van der Waals surface area contributed by atoms with Gasteiger partial charge in [0.1, 0.15) is 5.82 Å². The summed E-state index contributed by atoms with van der Waals surface area (Å²) < 4.78 is 5.49. The second-order valence-corrected chi connectivity index (χ2v) is 8.79. The van der Waals surface area contributed by atoms with E-state index >= 15 is 0 Å². The first-order chi connectivity index (χ1) is 17.6. The van der Waals surface area contributed by atoms with E-state index in [1.807, 2.05) is 41.4 Å². The van der Waals surface area contributed by atoms with Gasteiger partial charge in [0.2, 0.25) is 0 Å². The topological polar surface area (TPSA) is 125 Å². The monoisotopic (exact) mass is 483 g/mol. The first kappa shape index (κ1) is 22.1. The molecular weight excluding hydrogens is 458 g/mol. The first-order valence-corrected chi connectivity index (χ1v) is 11.9. The highest BCUT2D eigenvalue weighted by Crippen LogP contribution is 2.47. The maximum absolute atomic E-state index is 13.6. The predicted molar refractivity (Wildman–Crippen MR) is 135 cm³/mol. The van der Waals surface area contributed by atoms with Crippen LogP contribution in [0.15, 0.2) is 82.1 Å². The number of carbonyl (C=O) groups excluding carboxylic acids is 2. The number of hydrazone groups is 1. The summed E-state index contributed by atoms with van der Waals surface area (Å²) in [5.74, 6) is -0.532. The Morgan fingerprint density at radius 2 is 2.08 bits per heavy atom. The zero-order valence-corrected chi connectivity index (χ0v) is 19.7. The minimum atomic E-state index is -0.740. The summed E-state index contributed by atoms with van der Waals surface area (Å²) in [4.78, 5) is 33.1. The number of anilines is 2. The van der Waals surface area contributed by atoms with E-state index in [9.17, 15) is 9.59 Å². The van der Waals surface area contributed by atoms with Crippen molar-refractivity contribution < 1.29 is 14.3 Å². The molecule has 0 saturated heterocycles. The van der Waals surface area contributed by atoms with Crippen molar-refractivity contribution in [2.24, 2.45) is 16.8 Å². The average molecular weight is 484 g/mol. The largest absolute Gasteiger partial charge is 0.463 e. The van der Waals surface area contributed by atoms with Crippen LogP contribution in [0.3, 0.4) is 0 Å². The molecule has 4 aliphatic rings. The number of hydrogen-bond acceptors (Lipinski definition) is 10. The van der Waals surface area contributed by atoms with E-state index in [-0.39, 0.29) is 23.8 Å². The second-order valence-electron chi connectivity index (χ2n) is 8.79. The summed E-state index contributed by atoms with van der Waals surface area (Å²) in [7, 11) is 0. The number of nitrogens with zero attached hydrogens (tertiary/aromatic N) is 4. The fourth-order valence-corrected chi connectivity index (χ4v) is 5.34. The van der Waals surface area contributed by atoms with Crippen LogP contribution in [0.25, 0.3) is 6.08 Å². The average Bonchev–Trinajstić information content (AvgIpc) is 3.39. The lowest BCUT2D eigenvalue weighted by Crippen LogP contribution is -2.47. The number of hydrogen-bond donors (Lipinski definition) is 3. The number of esters is 1. The molecule has 6 rings (SSSR count). The number of nitrogens with one attached hydrogen (secondary N) is 2. The van der Waals surface area contributed by atoms with Gasteiger partial charge in [-0.3, -0.25) is 14.7 Å². The normalized spacial score (nSPS) is 20.8. The summed E-state index contributed by atoms with van der Waals surface area (Å²) in [5, 5.41) is 6.27. The Morgan fingerprint density at radius 3 is 2.89 bits per heavy atom. The summed E-state index contributed by atoms with van der Waals surface area (Å²) in [5.41, 5.74) is 17.4. The number of rotatable bonds is 4. The zero-order valence-electron chi connectivity index (χ0n) is 19.7. The number of carbonyl (C=O) groups is 2. The van der Waals surface area contributed by atoms with Crippen molar-refractivity contribution in [2.75, 3.05) is 16.5 Å². The summed E-state index contributed by atoms with van der Waals surface area (Å²) in [6.45, 7) is 1.92. The van der Waals surface area contributed by atoms with Gasteiger partial charge in [-0.1, -0.05) is 18.2 Å². The smallest absolute Gasteiger partial charge is 0.338 e. The third-order valence-corrected chi connectivity index (χ3v) is 6.79. The first-order valence-electron chi connectivity index (χ1n) is 11.9. The number of fused-ring (bicyclic) bond motifs is 3. The minimum Gasteiger partial charge on any atom is -0.463 e. The fraction of sp³-hybridized carbons (Fsp3) is 0.231. The Kier molecular flexibility index (Phi) is 5.30. The van der Waals surface area contributed by atoms with Crippen molar-refractivity contribution in [1.29, 1.82) is 0 Å². The van der Waals surface area contributed by atoms with Gasteiger partial charge in [-0.05, 0) is 44.0 Å². The molecule has 10 nitrogen and oxygen atoms in total. The lowest BCUT2D eigenvalue weighted by molar-refractivity contribution is -0.139. The van der Waals surface area contributed by atoms with E-state index in [1.54, 1.807) is 30.3 Å². The number of para-hydroxylation sites is 1.